The van der Waals surface area contributed by atoms with Gasteiger partial charge in [-0.15, -0.1) is 11.8 Å². The van der Waals surface area contributed by atoms with E-state index in [1.807, 2.05) is 19.1 Å². The lowest BCUT2D eigenvalue weighted by atomic mass is 10.1. The number of hydrogen-bond acceptors (Lipinski definition) is 4. The maximum atomic E-state index is 12.9. The van der Waals surface area contributed by atoms with Crippen LogP contribution in [0.1, 0.15) is 12.1 Å². The smallest absolute Gasteiger partial charge is 0.275 e. The number of halogens is 1. The Hall–Kier alpha value is -2.67. The summed E-state index contributed by atoms with van der Waals surface area (Å²) in [6.07, 6.45) is 0.771. The van der Waals surface area contributed by atoms with E-state index in [-0.39, 0.29) is 23.8 Å². The number of amides is 1. The van der Waals surface area contributed by atoms with Gasteiger partial charge in [-0.2, -0.15) is 5.10 Å². The van der Waals surface area contributed by atoms with Gasteiger partial charge in [-0.25, -0.2) is 9.07 Å². The highest BCUT2D eigenvalue weighted by Gasteiger charge is 2.10. The molecule has 1 amide bonds. The number of carbonyl (C=O) groups is 1. The van der Waals surface area contributed by atoms with Crippen LogP contribution in [0.2, 0.25) is 0 Å². The number of carbonyl (C=O) groups excluding carboxylic acids is 1. The molecule has 1 N–H and O–H groups in total. The molecule has 7 heteroatoms. The predicted molar refractivity (Wildman–Crippen MR) is 105 cm³/mol. The zero-order valence-electron chi connectivity index (χ0n) is 14.9. The lowest BCUT2D eigenvalue weighted by Gasteiger charge is -2.09. The first-order valence-electron chi connectivity index (χ1n) is 8.66. The number of rotatable bonds is 7. The Morgan fingerprint density at radius 1 is 1.15 bits per heavy atom. The fourth-order valence-electron chi connectivity index (χ4n) is 2.72. The maximum Gasteiger partial charge on any atom is 0.275 e. The van der Waals surface area contributed by atoms with Gasteiger partial charge in [-0.05, 0) is 49.4 Å². The molecule has 2 aromatic carbocycles. The minimum Gasteiger partial charge on any atom is -0.354 e. The van der Waals surface area contributed by atoms with Gasteiger partial charge in [-0.1, -0.05) is 18.2 Å². The van der Waals surface area contributed by atoms with Crippen LogP contribution in [0, 0.1) is 12.7 Å². The second-order valence-electron chi connectivity index (χ2n) is 6.10. The number of fused-ring (bicyclic) bond motifs is 1. The molecule has 0 spiro atoms. The zero-order valence-corrected chi connectivity index (χ0v) is 15.8. The summed E-state index contributed by atoms with van der Waals surface area (Å²) in [5.41, 5.74) is 0.451. The van der Waals surface area contributed by atoms with E-state index in [9.17, 15) is 14.0 Å². The summed E-state index contributed by atoms with van der Waals surface area (Å²) in [5.74, 6) is 0.310. The van der Waals surface area contributed by atoms with Crippen LogP contribution in [0.4, 0.5) is 4.39 Å². The van der Waals surface area contributed by atoms with E-state index in [2.05, 4.69) is 10.4 Å². The monoisotopic (exact) mass is 385 g/mol. The van der Waals surface area contributed by atoms with Crippen LogP contribution in [0.25, 0.3) is 10.8 Å². The minimum absolute atomic E-state index is 0.102. The lowest BCUT2D eigenvalue weighted by molar-refractivity contribution is -0.121. The average molecular weight is 385 g/mol. The van der Waals surface area contributed by atoms with Gasteiger partial charge >= 0.3 is 0 Å². The van der Waals surface area contributed by atoms with Crippen LogP contribution in [0.5, 0.6) is 0 Å². The van der Waals surface area contributed by atoms with Gasteiger partial charge in [0.2, 0.25) is 5.91 Å². The van der Waals surface area contributed by atoms with Gasteiger partial charge < -0.3 is 5.32 Å². The predicted octanol–water partition coefficient (Wildman–Crippen LogP) is 3.14. The highest BCUT2D eigenvalue weighted by atomic mass is 32.2. The lowest BCUT2D eigenvalue weighted by Crippen LogP contribution is -2.34. The van der Waals surface area contributed by atoms with E-state index >= 15 is 0 Å². The van der Waals surface area contributed by atoms with Crippen molar-refractivity contribution in [2.24, 2.45) is 0 Å². The molecule has 0 aliphatic heterocycles. The molecule has 0 fully saturated rings. The van der Waals surface area contributed by atoms with Crippen molar-refractivity contribution in [3.05, 3.63) is 70.4 Å². The number of nitrogens with one attached hydrogen (secondary N) is 1. The van der Waals surface area contributed by atoms with E-state index in [0.29, 0.717) is 17.6 Å². The summed E-state index contributed by atoms with van der Waals surface area (Å²) in [5, 5.41) is 8.42. The van der Waals surface area contributed by atoms with E-state index in [0.717, 1.165) is 22.5 Å². The van der Waals surface area contributed by atoms with Gasteiger partial charge in [0.05, 0.1) is 11.1 Å². The molecule has 3 rings (SSSR count). The SMILES string of the molecule is Cc1nn(CC(=O)NCCCSc2ccc(F)cc2)c(=O)c2ccccc12. The molecule has 5 nitrogen and oxygen atoms in total. The Bertz CT molecular complexity index is 1000. The van der Waals surface area contributed by atoms with Gasteiger partial charge in [0.25, 0.3) is 5.56 Å². The number of hydrogen-bond donors (Lipinski definition) is 1. The molecule has 0 aliphatic rings. The molecule has 140 valence electrons. The zero-order chi connectivity index (χ0) is 19.2. The molecule has 0 radical (unpaired) electrons. The Morgan fingerprint density at radius 2 is 1.85 bits per heavy atom. The van der Waals surface area contributed by atoms with Crippen molar-refractivity contribution in [3.63, 3.8) is 0 Å². The fourth-order valence-corrected chi connectivity index (χ4v) is 3.58. The van der Waals surface area contributed by atoms with Crippen LogP contribution < -0.4 is 10.9 Å². The third kappa shape index (κ3) is 4.95. The van der Waals surface area contributed by atoms with E-state index < -0.39 is 0 Å². The molecule has 0 unspecified atom stereocenters. The number of aryl methyl sites for hydroxylation is 1. The highest BCUT2D eigenvalue weighted by Crippen LogP contribution is 2.18. The van der Waals surface area contributed by atoms with Crippen molar-refractivity contribution in [3.8, 4) is 0 Å². The van der Waals surface area contributed by atoms with Gasteiger partial charge in [0.1, 0.15) is 12.4 Å². The van der Waals surface area contributed by atoms with Crippen molar-refractivity contribution >= 4 is 28.4 Å². The molecule has 3 aromatic rings. The normalized spacial score (nSPS) is 10.9. The van der Waals surface area contributed by atoms with Crippen molar-refractivity contribution < 1.29 is 9.18 Å². The molecule has 1 heterocycles. The Kier molecular flexibility index (Phi) is 6.24. The van der Waals surface area contributed by atoms with Gasteiger partial charge in [-0.3, -0.25) is 9.59 Å². The first-order valence-corrected chi connectivity index (χ1v) is 9.64. The fraction of sp³-hybridized carbons (Fsp3) is 0.250. The van der Waals surface area contributed by atoms with Crippen LogP contribution in [0.3, 0.4) is 0 Å². The second kappa shape index (κ2) is 8.81. The molecule has 27 heavy (non-hydrogen) atoms. The standard InChI is InChI=1S/C20H20FN3O2S/c1-14-17-5-2-3-6-18(17)20(26)24(23-14)13-19(25)22-11-4-12-27-16-9-7-15(21)8-10-16/h2-3,5-10H,4,11-13H2,1H3,(H,22,25). The number of thioether (sulfide) groups is 1. The Balaban J connectivity index is 1.49. The van der Waals surface area contributed by atoms with Gasteiger partial charge in [0, 0.05) is 16.8 Å². The highest BCUT2D eigenvalue weighted by molar-refractivity contribution is 7.99. The summed E-state index contributed by atoms with van der Waals surface area (Å²) in [4.78, 5) is 25.6. The maximum absolute atomic E-state index is 12.9. The molecule has 0 atom stereocenters. The van der Waals surface area contributed by atoms with Crippen molar-refractivity contribution in [2.45, 2.75) is 24.8 Å². The molecular formula is C20H20FN3O2S. The van der Waals surface area contributed by atoms with Crippen molar-refractivity contribution in [2.75, 3.05) is 12.3 Å². The van der Waals surface area contributed by atoms with E-state index in [1.165, 1.54) is 16.8 Å². The molecule has 0 saturated heterocycles. The average Bonchev–Trinajstić information content (AvgIpc) is 2.67. The third-order valence-corrected chi connectivity index (χ3v) is 5.17. The molecular weight excluding hydrogens is 365 g/mol. The van der Waals surface area contributed by atoms with Crippen LogP contribution in [0.15, 0.2) is 58.2 Å². The topological polar surface area (TPSA) is 64.0 Å². The van der Waals surface area contributed by atoms with Crippen LogP contribution >= 0.6 is 11.8 Å². The minimum atomic E-state index is -0.266. The number of aromatic nitrogens is 2. The van der Waals surface area contributed by atoms with Crippen LogP contribution in [-0.2, 0) is 11.3 Å². The summed E-state index contributed by atoms with van der Waals surface area (Å²) in [6, 6.07) is 13.6. The van der Waals surface area contributed by atoms with E-state index in [1.54, 1.807) is 36.0 Å². The molecule has 1 aromatic heterocycles. The largest absolute Gasteiger partial charge is 0.354 e. The first-order chi connectivity index (χ1) is 13.0. The van der Waals surface area contributed by atoms with Gasteiger partial charge in [0.15, 0.2) is 0 Å². The molecule has 0 bridgehead atoms. The molecule has 0 aliphatic carbocycles. The van der Waals surface area contributed by atoms with Crippen molar-refractivity contribution in [1.82, 2.24) is 15.1 Å². The quantitative estimate of drug-likeness (QED) is 0.501. The number of nitrogens with zero attached hydrogens (tertiary/aromatic N) is 2. The summed E-state index contributed by atoms with van der Waals surface area (Å²) in [6.45, 7) is 2.23. The third-order valence-electron chi connectivity index (χ3n) is 4.07. The summed E-state index contributed by atoms with van der Waals surface area (Å²) < 4.78 is 14.1. The number of benzene rings is 2. The second-order valence-corrected chi connectivity index (χ2v) is 7.27. The first kappa shape index (κ1) is 19.1. The Labute approximate surface area is 160 Å². The Morgan fingerprint density at radius 3 is 2.59 bits per heavy atom. The summed E-state index contributed by atoms with van der Waals surface area (Å²) >= 11 is 1.61. The van der Waals surface area contributed by atoms with Crippen LogP contribution in [-0.4, -0.2) is 28.0 Å². The summed E-state index contributed by atoms with van der Waals surface area (Å²) in [7, 11) is 0. The van der Waals surface area contributed by atoms with E-state index in [4.69, 9.17) is 0 Å². The molecule has 0 saturated carbocycles. The van der Waals surface area contributed by atoms with Crippen molar-refractivity contribution in [1.29, 1.82) is 0 Å².